The summed E-state index contributed by atoms with van der Waals surface area (Å²) < 4.78 is 13.1. The number of ether oxygens (including phenoxy) is 2. The summed E-state index contributed by atoms with van der Waals surface area (Å²) in [6.07, 6.45) is 7.29. The first-order chi connectivity index (χ1) is 21.3. The van der Waals surface area contributed by atoms with Crippen LogP contribution in [0.25, 0.3) is 0 Å². The van der Waals surface area contributed by atoms with E-state index in [0.717, 1.165) is 59.8 Å². The summed E-state index contributed by atoms with van der Waals surface area (Å²) in [4.78, 5) is 16.8. The number of carboxylic acids is 1. The van der Waals surface area contributed by atoms with Crippen LogP contribution >= 0.6 is 23.2 Å². The van der Waals surface area contributed by atoms with Gasteiger partial charge in [-0.3, -0.25) is 14.6 Å². The van der Waals surface area contributed by atoms with Crippen molar-refractivity contribution in [2.45, 2.75) is 83.2 Å². The fourth-order valence-corrected chi connectivity index (χ4v) is 7.43. The van der Waals surface area contributed by atoms with Gasteiger partial charge in [0.2, 0.25) is 0 Å². The molecule has 3 aliphatic rings. The second-order valence-electron chi connectivity index (χ2n) is 12.8. The topological polar surface area (TPSA) is 62.2 Å². The van der Waals surface area contributed by atoms with Crippen LogP contribution < -0.4 is 9.47 Å². The molecule has 1 fully saturated rings. The van der Waals surface area contributed by atoms with Crippen molar-refractivity contribution in [3.63, 3.8) is 0 Å². The molecule has 1 aliphatic carbocycles. The minimum Gasteiger partial charge on any atom is -0.486 e. The number of hydrogen-bond acceptors (Lipinski definition) is 5. The average Bonchev–Trinajstić information content (AvgIpc) is 3.18. The lowest BCUT2D eigenvalue weighted by atomic mass is 9.86. The third-order valence-electron chi connectivity index (χ3n) is 9.52. The zero-order valence-corrected chi connectivity index (χ0v) is 27.1. The van der Waals surface area contributed by atoms with E-state index < -0.39 is 12.0 Å². The van der Waals surface area contributed by atoms with Crippen LogP contribution in [0.1, 0.15) is 85.5 Å². The Balaban J connectivity index is 1.19. The van der Waals surface area contributed by atoms with E-state index in [2.05, 4.69) is 48.0 Å². The van der Waals surface area contributed by atoms with Crippen molar-refractivity contribution in [2.75, 3.05) is 20.1 Å². The molecule has 3 aromatic carbocycles. The van der Waals surface area contributed by atoms with Crippen LogP contribution in [0.4, 0.5) is 0 Å². The number of nitrogens with zero attached hydrogens (tertiary/aromatic N) is 2. The Morgan fingerprint density at radius 3 is 2.45 bits per heavy atom. The van der Waals surface area contributed by atoms with Crippen LogP contribution in [0.5, 0.6) is 11.5 Å². The summed E-state index contributed by atoms with van der Waals surface area (Å²) in [5, 5.41) is 11.2. The first kappa shape index (κ1) is 31.2. The maximum Gasteiger partial charge on any atom is 0.321 e. The predicted octanol–water partition coefficient (Wildman–Crippen LogP) is 8.48. The predicted molar refractivity (Wildman–Crippen MR) is 175 cm³/mol. The second kappa shape index (κ2) is 13.7. The first-order valence-electron chi connectivity index (χ1n) is 16.0. The monoisotopic (exact) mass is 636 g/mol. The van der Waals surface area contributed by atoms with E-state index in [1.807, 2.05) is 30.3 Å². The maximum atomic E-state index is 12.3. The molecule has 0 radical (unpaired) electrons. The molecule has 3 aromatic rings. The fourth-order valence-electron chi connectivity index (χ4n) is 7.12. The number of carbonyl (C=O) groups is 1. The van der Waals surface area contributed by atoms with Gasteiger partial charge < -0.3 is 14.6 Å². The number of aliphatic carboxylic acids is 1. The number of rotatable bonds is 8. The third kappa shape index (κ3) is 7.04. The van der Waals surface area contributed by atoms with E-state index in [1.165, 1.54) is 37.7 Å². The minimum atomic E-state index is -0.718. The van der Waals surface area contributed by atoms with Gasteiger partial charge in [-0.25, -0.2) is 0 Å². The van der Waals surface area contributed by atoms with Crippen molar-refractivity contribution in [3.8, 4) is 11.5 Å². The molecular formula is C36H42Cl2N2O4. The lowest BCUT2D eigenvalue weighted by molar-refractivity contribution is -0.144. The highest BCUT2D eigenvalue weighted by molar-refractivity contribution is 6.42. The lowest BCUT2D eigenvalue weighted by Crippen LogP contribution is -2.47. The second-order valence-corrected chi connectivity index (χ2v) is 13.6. The molecular weight excluding hydrogens is 595 g/mol. The molecule has 2 heterocycles. The number of benzene rings is 3. The summed E-state index contributed by atoms with van der Waals surface area (Å²) in [5.41, 5.74) is 5.53. The zero-order valence-electron chi connectivity index (χ0n) is 25.6. The summed E-state index contributed by atoms with van der Waals surface area (Å²) in [6, 6.07) is 17.7. The van der Waals surface area contributed by atoms with Gasteiger partial charge in [0.15, 0.2) is 0 Å². The molecule has 0 saturated heterocycles. The van der Waals surface area contributed by atoms with Crippen LogP contribution in [-0.2, 0) is 24.3 Å². The van der Waals surface area contributed by atoms with Crippen molar-refractivity contribution in [2.24, 2.45) is 5.92 Å². The minimum absolute atomic E-state index is 0.132. The molecule has 44 heavy (non-hydrogen) atoms. The molecule has 234 valence electrons. The van der Waals surface area contributed by atoms with Gasteiger partial charge in [0.05, 0.1) is 10.0 Å². The Kier molecular flexibility index (Phi) is 9.72. The highest BCUT2D eigenvalue weighted by atomic mass is 35.5. The fraction of sp³-hybridized carbons (Fsp3) is 0.472. The van der Waals surface area contributed by atoms with Gasteiger partial charge in [0, 0.05) is 31.7 Å². The van der Waals surface area contributed by atoms with Crippen molar-refractivity contribution in [1.82, 2.24) is 9.80 Å². The van der Waals surface area contributed by atoms with E-state index in [-0.39, 0.29) is 12.2 Å². The number of hydrogen-bond donors (Lipinski definition) is 1. The Bertz CT molecular complexity index is 1470. The smallest absolute Gasteiger partial charge is 0.321 e. The maximum absolute atomic E-state index is 12.3. The summed E-state index contributed by atoms with van der Waals surface area (Å²) in [5.74, 6) is 1.56. The summed E-state index contributed by atoms with van der Waals surface area (Å²) in [6.45, 7) is 5.10. The molecule has 8 heteroatoms. The Hall–Kier alpha value is -2.77. The first-order valence-corrected chi connectivity index (χ1v) is 16.7. The van der Waals surface area contributed by atoms with Gasteiger partial charge in [-0.2, -0.15) is 0 Å². The van der Waals surface area contributed by atoms with Crippen LogP contribution in [0.15, 0.2) is 54.6 Å². The number of fused-ring (bicyclic) bond motifs is 2. The Morgan fingerprint density at radius 1 is 0.977 bits per heavy atom. The number of carboxylic acid groups (broad SMARTS) is 1. The Labute approximate surface area is 270 Å². The molecule has 0 spiro atoms. The number of likely N-dealkylation sites (N-methyl/N-ethyl adjacent to an activating group) is 1. The largest absolute Gasteiger partial charge is 0.486 e. The van der Waals surface area contributed by atoms with Crippen molar-refractivity contribution in [1.29, 1.82) is 0 Å². The van der Waals surface area contributed by atoms with Gasteiger partial charge in [-0.1, -0.05) is 73.7 Å². The highest BCUT2D eigenvalue weighted by Gasteiger charge is 2.34. The van der Waals surface area contributed by atoms with E-state index >= 15 is 0 Å². The normalized spacial score (nSPS) is 21.9. The molecule has 3 atom stereocenters. The molecule has 0 aromatic heterocycles. The summed E-state index contributed by atoms with van der Waals surface area (Å²) in [7, 11) is 2.11. The van der Waals surface area contributed by atoms with Gasteiger partial charge in [-0.15, -0.1) is 0 Å². The highest BCUT2D eigenvalue weighted by Crippen LogP contribution is 2.38. The molecule has 6 nitrogen and oxygen atoms in total. The molecule has 1 N–H and O–H groups in total. The standard InChI is InChI=1S/C36H42Cl2N2O4/c1-3-33(25-11-14-30(37)31(38)16-25)43-29-12-9-24(10-13-29)35-22-39(2)20-28-15-26-17-32(36(41)42)40(19-23-7-5-4-6-8-23)21-27(26)18-34(28)44-35/h9-16,18,23,32-33,35H,3-8,17,19-22H2,1-2H3,(H,41,42)/t32-,33+,35+/m0/s1. The van der Waals surface area contributed by atoms with Crippen LogP contribution in [0, 0.1) is 5.92 Å². The molecule has 1 saturated carbocycles. The van der Waals surface area contributed by atoms with E-state index in [4.69, 9.17) is 32.7 Å². The van der Waals surface area contributed by atoms with Crippen molar-refractivity contribution in [3.05, 3.63) is 92.5 Å². The molecule has 6 rings (SSSR count). The third-order valence-corrected chi connectivity index (χ3v) is 10.3. The van der Waals surface area contributed by atoms with Crippen molar-refractivity contribution < 1.29 is 19.4 Å². The van der Waals surface area contributed by atoms with Gasteiger partial charge in [0.25, 0.3) is 0 Å². The molecule has 2 aliphatic heterocycles. The Morgan fingerprint density at radius 2 is 1.75 bits per heavy atom. The quantitative estimate of drug-likeness (QED) is 0.267. The molecule has 0 unspecified atom stereocenters. The van der Waals surface area contributed by atoms with E-state index in [1.54, 1.807) is 0 Å². The molecule has 0 amide bonds. The summed E-state index contributed by atoms with van der Waals surface area (Å²) >= 11 is 12.4. The SMILES string of the molecule is CC[C@@H](Oc1ccc([C@H]2CN(C)Cc3cc4c(cc3O2)CN(CC2CCCCC2)[C@H](C(=O)O)C4)cc1)c1ccc(Cl)c(Cl)c1. The molecule has 0 bridgehead atoms. The average molecular weight is 638 g/mol. The van der Waals surface area contributed by atoms with E-state index in [0.29, 0.717) is 28.9 Å². The zero-order chi connectivity index (χ0) is 30.8. The van der Waals surface area contributed by atoms with Crippen LogP contribution in [-0.4, -0.2) is 47.1 Å². The van der Waals surface area contributed by atoms with Crippen LogP contribution in [0.3, 0.4) is 0 Å². The van der Waals surface area contributed by atoms with E-state index in [9.17, 15) is 9.90 Å². The lowest BCUT2D eigenvalue weighted by Gasteiger charge is -2.38. The van der Waals surface area contributed by atoms with Gasteiger partial charge in [-0.05, 0) is 91.2 Å². The number of halogens is 2. The van der Waals surface area contributed by atoms with Crippen molar-refractivity contribution >= 4 is 29.2 Å². The van der Waals surface area contributed by atoms with Crippen LogP contribution in [0.2, 0.25) is 10.0 Å². The van der Waals surface area contributed by atoms with Gasteiger partial charge in [0.1, 0.15) is 29.7 Å². The van der Waals surface area contributed by atoms with Gasteiger partial charge >= 0.3 is 5.97 Å².